The van der Waals surface area contributed by atoms with Gasteiger partial charge in [0, 0.05) is 11.6 Å². The predicted octanol–water partition coefficient (Wildman–Crippen LogP) is 2.81. The molecule has 17 heavy (non-hydrogen) atoms. The summed E-state index contributed by atoms with van der Waals surface area (Å²) in [4.78, 5) is 11.2. The summed E-state index contributed by atoms with van der Waals surface area (Å²) in [5.41, 5.74) is 0.856. The van der Waals surface area contributed by atoms with Crippen LogP contribution >= 0.6 is 0 Å². The van der Waals surface area contributed by atoms with E-state index in [4.69, 9.17) is 10.4 Å². The number of rotatable bonds is 3. The highest BCUT2D eigenvalue weighted by Gasteiger charge is 2.16. The highest BCUT2D eigenvalue weighted by atomic mass is 16.4. The second-order valence-corrected chi connectivity index (χ2v) is 3.82. The molecule has 0 saturated carbocycles. The first-order valence-electron chi connectivity index (χ1n) is 5.41. The van der Waals surface area contributed by atoms with Crippen LogP contribution in [0, 0.1) is 11.3 Å². The van der Waals surface area contributed by atoms with E-state index in [9.17, 15) is 4.79 Å². The number of nitrogens with zero attached hydrogens (tertiary/aromatic N) is 2. The Morgan fingerprint density at radius 3 is 2.88 bits per heavy atom. The highest BCUT2D eigenvalue weighted by molar-refractivity contribution is 6.02. The molecule has 0 aliphatic carbocycles. The number of aromatic nitrogens is 1. The smallest absolute Gasteiger partial charge is 0.337 e. The van der Waals surface area contributed by atoms with Crippen LogP contribution in [0.5, 0.6) is 0 Å². The van der Waals surface area contributed by atoms with Crippen LogP contribution in [0.2, 0.25) is 0 Å². The molecular weight excluding hydrogens is 216 g/mol. The van der Waals surface area contributed by atoms with E-state index in [0.717, 1.165) is 5.39 Å². The van der Waals surface area contributed by atoms with E-state index in [2.05, 4.69) is 6.07 Å². The maximum Gasteiger partial charge on any atom is 0.337 e. The Morgan fingerprint density at radius 2 is 2.29 bits per heavy atom. The van der Waals surface area contributed by atoms with Crippen molar-refractivity contribution in [1.82, 2.24) is 4.57 Å². The van der Waals surface area contributed by atoms with Gasteiger partial charge in [0.15, 0.2) is 0 Å². The van der Waals surface area contributed by atoms with Crippen LogP contribution in [0.25, 0.3) is 10.9 Å². The number of aromatic carboxylic acids is 1. The maximum absolute atomic E-state index is 11.2. The minimum Gasteiger partial charge on any atom is -0.478 e. The molecule has 2 aromatic rings. The SMILES string of the molecule is CCC(C#N)n1ccc2cccc(C(=O)O)c21. The molecule has 0 aliphatic rings. The first-order chi connectivity index (χ1) is 8.19. The second-order valence-electron chi connectivity index (χ2n) is 3.82. The van der Waals surface area contributed by atoms with Gasteiger partial charge in [-0.05, 0) is 18.6 Å². The number of hydrogen-bond acceptors (Lipinski definition) is 2. The van der Waals surface area contributed by atoms with Gasteiger partial charge in [-0.25, -0.2) is 4.79 Å². The molecule has 1 unspecified atom stereocenters. The molecule has 0 fully saturated rings. The zero-order chi connectivity index (χ0) is 12.4. The number of nitriles is 1. The molecule has 1 aromatic carbocycles. The number of carboxylic acid groups (broad SMARTS) is 1. The minimum absolute atomic E-state index is 0.237. The summed E-state index contributed by atoms with van der Waals surface area (Å²) < 4.78 is 1.73. The molecule has 1 heterocycles. The summed E-state index contributed by atoms with van der Waals surface area (Å²) in [5.74, 6) is -0.969. The standard InChI is InChI=1S/C13H12N2O2/c1-2-10(8-14)15-7-6-9-4-3-5-11(12(9)15)13(16)17/h3-7,10H,2H2,1H3,(H,16,17). The Bertz CT molecular complexity index is 607. The van der Waals surface area contributed by atoms with E-state index >= 15 is 0 Å². The van der Waals surface area contributed by atoms with Crippen LogP contribution < -0.4 is 0 Å². The average molecular weight is 228 g/mol. The van der Waals surface area contributed by atoms with E-state index in [1.54, 1.807) is 22.9 Å². The normalized spacial score (nSPS) is 12.2. The first kappa shape index (κ1) is 11.2. The van der Waals surface area contributed by atoms with Crippen molar-refractivity contribution in [2.75, 3.05) is 0 Å². The molecule has 0 amide bonds. The van der Waals surface area contributed by atoms with Crippen LogP contribution in [0.4, 0.5) is 0 Å². The molecule has 0 radical (unpaired) electrons. The number of fused-ring (bicyclic) bond motifs is 1. The van der Waals surface area contributed by atoms with E-state index < -0.39 is 5.97 Å². The molecule has 4 heteroatoms. The Hall–Kier alpha value is -2.28. The second kappa shape index (κ2) is 4.30. The zero-order valence-electron chi connectivity index (χ0n) is 9.42. The lowest BCUT2D eigenvalue weighted by Crippen LogP contribution is -2.07. The number of para-hydroxylation sites is 1. The lowest BCUT2D eigenvalue weighted by molar-refractivity contribution is 0.0698. The van der Waals surface area contributed by atoms with Gasteiger partial charge < -0.3 is 9.67 Å². The number of carbonyl (C=O) groups is 1. The largest absolute Gasteiger partial charge is 0.478 e. The van der Waals surface area contributed by atoms with Gasteiger partial charge in [-0.15, -0.1) is 0 Å². The molecule has 86 valence electrons. The Kier molecular flexibility index (Phi) is 2.84. The lowest BCUT2D eigenvalue weighted by Gasteiger charge is -2.11. The first-order valence-corrected chi connectivity index (χ1v) is 5.41. The summed E-state index contributed by atoms with van der Waals surface area (Å²) in [7, 11) is 0. The molecule has 0 saturated heterocycles. The summed E-state index contributed by atoms with van der Waals surface area (Å²) in [6, 6.07) is 8.81. The van der Waals surface area contributed by atoms with Crippen LogP contribution in [-0.2, 0) is 0 Å². The molecule has 1 atom stereocenters. The van der Waals surface area contributed by atoms with Crippen molar-refractivity contribution in [3.63, 3.8) is 0 Å². The number of carboxylic acids is 1. The topological polar surface area (TPSA) is 66.0 Å². The average Bonchev–Trinajstić information content (AvgIpc) is 2.75. The van der Waals surface area contributed by atoms with Crippen LogP contribution in [0.3, 0.4) is 0 Å². The summed E-state index contributed by atoms with van der Waals surface area (Å²) in [6.07, 6.45) is 2.42. The van der Waals surface area contributed by atoms with E-state index in [0.29, 0.717) is 11.9 Å². The van der Waals surface area contributed by atoms with Crippen molar-refractivity contribution in [2.45, 2.75) is 19.4 Å². The van der Waals surface area contributed by atoms with Gasteiger partial charge >= 0.3 is 5.97 Å². The summed E-state index contributed by atoms with van der Waals surface area (Å²) in [6.45, 7) is 1.91. The fourth-order valence-electron chi connectivity index (χ4n) is 2.00. The third-order valence-electron chi connectivity index (χ3n) is 2.84. The third kappa shape index (κ3) is 1.76. The lowest BCUT2D eigenvalue weighted by atomic mass is 10.1. The van der Waals surface area contributed by atoms with Crippen molar-refractivity contribution in [3.05, 3.63) is 36.0 Å². The molecular formula is C13H12N2O2. The molecule has 1 N–H and O–H groups in total. The van der Waals surface area contributed by atoms with E-state index in [1.165, 1.54) is 0 Å². The van der Waals surface area contributed by atoms with E-state index in [-0.39, 0.29) is 11.6 Å². The number of hydrogen-bond donors (Lipinski definition) is 1. The molecule has 1 aromatic heterocycles. The third-order valence-corrected chi connectivity index (χ3v) is 2.84. The maximum atomic E-state index is 11.2. The van der Waals surface area contributed by atoms with Crippen LogP contribution in [0.1, 0.15) is 29.7 Å². The van der Waals surface area contributed by atoms with Crippen molar-refractivity contribution < 1.29 is 9.90 Å². The van der Waals surface area contributed by atoms with Gasteiger partial charge in [-0.2, -0.15) is 5.26 Å². The van der Waals surface area contributed by atoms with Gasteiger partial charge in [-0.3, -0.25) is 0 Å². The molecule has 0 bridgehead atoms. The van der Waals surface area contributed by atoms with Gasteiger partial charge in [0.05, 0.1) is 17.1 Å². The molecule has 2 rings (SSSR count). The molecule has 4 nitrogen and oxygen atoms in total. The van der Waals surface area contributed by atoms with Crippen molar-refractivity contribution in [2.24, 2.45) is 0 Å². The van der Waals surface area contributed by atoms with Crippen LogP contribution in [0.15, 0.2) is 30.5 Å². The molecule has 0 aliphatic heterocycles. The van der Waals surface area contributed by atoms with Gasteiger partial charge in [0.1, 0.15) is 6.04 Å². The molecule has 0 spiro atoms. The Balaban J connectivity index is 2.74. The fourth-order valence-corrected chi connectivity index (χ4v) is 2.00. The fraction of sp³-hybridized carbons (Fsp3) is 0.231. The monoisotopic (exact) mass is 228 g/mol. The number of benzene rings is 1. The van der Waals surface area contributed by atoms with Crippen LogP contribution in [-0.4, -0.2) is 15.6 Å². The summed E-state index contributed by atoms with van der Waals surface area (Å²) >= 11 is 0. The quantitative estimate of drug-likeness (QED) is 0.878. The van der Waals surface area contributed by atoms with Crippen molar-refractivity contribution >= 4 is 16.9 Å². The Labute approximate surface area is 98.7 Å². The highest BCUT2D eigenvalue weighted by Crippen LogP contribution is 2.25. The van der Waals surface area contributed by atoms with Crippen molar-refractivity contribution in [3.8, 4) is 6.07 Å². The Morgan fingerprint density at radius 1 is 1.53 bits per heavy atom. The van der Waals surface area contributed by atoms with Gasteiger partial charge in [0.2, 0.25) is 0 Å². The minimum atomic E-state index is -0.969. The predicted molar refractivity (Wildman–Crippen MR) is 63.8 cm³/mol. The van der Waals surface area contributed by atoms with E-state index in [1.807, 2.05) is 19.1 Å². The van der Waals surface area contributed by atoms with Gasteiger partial charge in [0.25, 0.3) is 0 Å². The van der Waals surface area contributed by atoms with Crippen molar-refractivity contribution in [1.29, 1.82) is 5.26 Å². The zero-order valence-corrected chi connectivity index (χ0v) is 9.42. The van der Waals surface area contributed by atoms with Gasteiger partial charge in [-0.1, -0.05) is 19.1 Å². The summed E-state index contributed by atoms with van der Waals surface area (Å²) in [5, 5.41) is 19.1.